The van der Waals surface area contributed by atoms with E-state index in [0.29, 0.717) is 6.17 Å². The summed E-state index contributed by atoms with van der Waals surface area (Å²) in [6.45, 7) is 11.5. The molecule has 0 heterocycles. The molecule has 0 saturated carbocycles. The van der Waals surface area contributed by atoms with Crippen LogP contribution in [0.5, 0.6) is 0 Å². The van der Waals surface area contributed by atoms with Crippen molar-refractivity contribution in [2.24, 2.45) is 5.11 Å². The molecule has 1 rings (SSSR count). The molecule has 0 saturated heterocycles. The van der Waals surface area contributed by atoms with Crippen molar-refractivity contribution in [1.29, 1.82) is 0 Å². The van der Waals surface area contributed by atoms with Crippen LogP contribution in [-0.4, -0.2) is 22.3 Å². The molecular formula is C12H21N3Si2. The third-order valence-corrected chi connectivity index (χ3v) is 7.96. The van der Waals surface area contributed by atoms with E-state index in [1.165, 1.54) is 10.4 Å². The van der Waals surface area contributed by atoms with Crippen LogP contribution in [0.15, 0.2) is 29.4 Å². The number of rotatable bonds is 4. The zero-order valence-electron chi connectivity index (χ0n) is 11.4. The summed E-state index contributed by atoms with van der Waals surface area (Å²) in [5.74, 6) is 0. The van der Waals surface area contributed by atoms with Gasteiger partial charge in [-0.25, -0.2) is 0 Å². The molecule has 0 amide bonds. The van der Waals surface area contributed by atoms with Gasteiger partial charge in [0.15, 0.2) is 0 Å². The Bertz CT molecular complexity index is 426. The van der Waals surface area contributed by atoms with Gasteiger partial charge in [-0.05, 0) is 5.53 Å². The Morgan fingerprint density at radius 1 is 1.00 bits per heavy atom. The molecule has 0 radical (unpaired) electrons. The predicted molar refractivity (Wildman–Crippen MR) is 80.6 cm³/mol. The first kappa shape index (κ1) is 14.0. The predicted octanol–water partition coefficient (Wildman–Crippen LogP) is 3.00. The summed E-state index contributed by atoms with van der Waals surface area (Å²) in [6.07, 6.45) is 0.635. The first-order valence-corrected chi connectivity index (χ1v) is 12.6. The molecule has 0 fully saturated rings. The minimum atomic E-state index is -1.59. The fourth-order valence-corrected chi connectivity index (χ4v) is 4.56. The van der Waals surface area contributed by atoms with Crippen LogP contribution in [0, 0.1) is 0 Å². The monoisotopic (exact) mass is 263 g/mol. The maximum Gasteiger partial charge on any atom is 0.0868 e. The third kappa shape index (κ3) is 3.73. The van der Waals surface area contributed by atoms with Gasteiger partial charge in [0.05, 0.1) is 16.1 Å². The van der Waals surface area contributed by atoms with E-state index in [2.05, 4.69) is 67.0 Å². The lowest BCUT2D eigenvalue weighted by Crippen LogP contribution is -2.46. The molecule has 1 aromatic carbocycles. The Balaban J connectivity index is 2.98. The van der Waals surface area contributed by atoms with Crippen molar-refractivity contribution in [2.45, 2.75) is 32.7 Å². The number of hydrogen-bond donors (Lipinski definition) is 0. The zero-order valence-corrected chi connectivity index (χ0v) is 13.4. The van der Waals surface area contributed by atoms with Crippen molar-refractivity contribution in [3.63, 3.8) is 0 Å². The van der Waals surface area contributed by atoms with Crippen molar-refractivity contribution in [3.05, 3.63) is 34.7 Å². The van der Waals surface area contributed by atoms with E-state index in [4.69, 9.17) is 5.53 Å². The van der Waals surface area contributed by atoms with E-state index >= 15 is 0 Å². The van der Waals surface area contributed by atoms with Crippen molar-refractivity contribution in [2.75, 3.05) is 6.17 Å². The van der Waals surface area contributed by atoms with Crippen LogP contribution < -0.4 is 10.4 Å². The Kier molecular flexibility index (Phi) is 4.19. The molecule has 0 bridgehead atoms. The fraction of sp³-hybridized carbons (Fsp3) is 0.500. The van der Waals surface area contributed by atoms with E-state index in [1.807, 2.05) is 0 Å². The van der Waals surface area contributed by atoms with Crippen molar-refractivity contribution in [3.8, 4) is 0 Å². The second kappa shape index (κ2) is 5.08. The SMILES string of the molecule is C[Si](C)(C)c1ccc([Si](C)(C)CN=[N+]=[N-])cc1. The lowest BCUT2D eigenvalue weighted by molar-refractivity contribution is 1.26. The largest absolute Gasteiger partial charge is 0.0965 e. The molecule has 0 aromatic heterocycles. The quantitative estimate of drug-likeness (QED) is 0.347. The molecule has 3 nitrogen and oxygen atoms in total. The van der Waals surface area contributed by atoms with Gasteiger partial charge in [0.25, 0.3) is 0 Å². The summed E-state index contributed by atoms with van der Waals surface area (Å²) >= 11 is 0. The summed E-state index contributed by atoms with van der Waals surface area (Å²) in [7, 11) is -2.79. The Morgan fingerprint density at radius 3 is 1.88 bits per heavy atom. The minimum Gasteiger partial charge on any atom is -0.0965 e. The molecule has 0 N–H and O–H groups in total. The van der Waals surface area contributed by atoms with E-state index in [1.54, 1.807) is 0 Å². The summed E-state index contributed by atoms with van der Waals surface area (Å²) in [6, 6.07) is 8.97. The summed E-state index contributed by atoms with van der Waals surface area (Å²) in [4.78, 5) is 2.87. The van der Waals surface area contributed by atoms with E-state index in [0.717, 1.165) is 0 Å². The highest BCUT2D eigenvalue weighted by Crippen LogP contribution is 2.06. The first-order valence-electron chi connectivity index (χ1n) is 5.89. The second-order valence-corrected chi connectivity index (χ2v) is 15.8. The molecule has 0 aliphatic heterocycles. The lowest BCUT2D eigenvalue weighted by atomic mass is 10.4. The van der Waals surface area contributed by atoms with E-state index in [-0.39, 0.29) is 0 Å². The zero-order chi connectivity index (χ0) is 13.1. The Hall–Kier alpha value is -1.04. The van der Waals surface area contributed by atoms with Crippen molar-refractivity contribution in [1.82, 2.24) is 0 Å². The first-order chi connectivity index (χ1) is 7.77. The van der Waals surface area contributed by atoms with Gasteiger partial charge < -0.3 is 0 Å². The molecule has 0 spiro atoms. The molecule has 5 heteroatoms. The Morgan fingerprint density at radius 2 is 1.47 bits per heavy atom. The highest BCUT2D eigenvalue weighted by atomic mass is 28.3. The van der Waals surface area contributed by atoms with Gasteiger partial charge in [0.2, 0.25) is 0 Å². The lowest BCUT2D eigenvalue weighted by Gasteiger charge is -2.22. The number of nitrogens with zero attached hydrogens (tertiary/aromatic N) is 3. The van der Waals surface area contributed by atoms with Gasteiger partial charge in [0.1, 0.15) is 0 Å². The average Bonchev–Trinajstić information content (AvgIpc) is 2.25. The number of benzene rings is 1. The van der Waals surface area contributed by atoms with Crippen LogP contribution >= 0.6 is 0 Å². The van der Waals surface area contributed by atoms with Crippen LogP contribution in [0.1, 0.15) is 0 Å². The van der Waals surface area contributed by atoms with E-state index in [9.17, 15) is 0 Å². The minimum absolute atomic E-state index is 0.635. The van der Waals surface area contributed by atoms with Gasteiger partial charge >= 0.3 is 0 Å². The van der Waals surface area contributed by atoms with Crippen LogP contribution in [0.2, 0.25) is 32.7 Å². The molecule has 0 unspecified atom stereocenters. The van der Waals surface area contributed by atoms with Crippen molar-refractivity contribution < 1.29 is 0 Å². The summed E-state index contributed by atoms with van der Waals surface area (Å²) in [5.41, 5.74) is 8.41. The van der Waals surface area contributed by atoms with E-state index < -0.39 is 16.1 Å². The molecule has 1 aromatic rings. The molecule has 0 aliphatic carbocycles. The standard InChI is InChI=1S/C12H21N3Si2/c1-16(2,3)11-6-8-12(9-7-11)17(4,5)10-14-15-13/h6-9H,10H2,1-5H3. The maximum absolute atomic E-state index is 8.41. The summed E-state index contributed by atoms with van der Waals surface area (Å²) < 4.78 is 0. The highest BCUT2D eigenvalue weighted by molar-refractivity contribution is 6.91. The smallest absolute Gasteiger partial charge is 0.0868 e. The van der Waals surface area contributed by atoms with Gasteiger partial charge in [-0.15, -0.1) is 0 Å². The normalized spacial score (nSPS) is 12.1. The van der Waals surface area contributed by atoms with Gasteiger partial charge in [-0.1, -0.05) is 72.5 Å². The van der Waals surface area contributed by atoms with Crippen LogP contribution in [-0.2, 0) is 0 Å². The molecule has 0 atom stereocenters. The molecular weight excluding hydrogens is 242 g/mol. The fourth-order valence-electron chi connectivity index (χ4n) is 1.72. The van der Waals surface area contributed by atoms with Gasteiger partial charge in [-0.3, -0.25) is 0 Å². The Labute approximate surface area is 106 Å². The van der Waals surface area contributed by atoms with Crippen LogP contribution in [0.25, 0.3) is 10.4 Å². The molecule has 17 heavy (non-hydrogen) atoms. The topological polar surface area (TPSA) is 48.8 Å². The second-order valence-electron chi connectivity index (χ2n) is 6.10. The van der Waals surface area contributed by atoms with Crippen molar-refractivity contribution >= 4 is 26.5 Å². The molecule has 0 aliphatic rings. The summed E-state index contributed by atoms with van der Waals surface area (Å²) in [5, 5.41) is 6.59. The number of azide groups is 1. The van der Waals surface area contributed by atoms with Gasteiger partial charge in [-0.2, -0.15) is 0 Å². The third-order valence-electron chi connectivity index (χ3n) is 3.06. The average molecular weight is 263 g/mol. The van der Waals surface area contributed by atoms with Gasteiger partial charge in [0, 0.05) is 11.1 Å². The molecule has 92 valence electrons. The van der Waals surface area contributed by atoms with Crippen LogP contribution in [0.3, 0.4) is 0 Å². The van der Waals surface area contributed by atoms with Crippen LogP contribution in [0.4, 0.5) is 0 Å². The maximum atomic E-state index is 8.41. The number of hydrogen-bond acceptors (Lipinski definition) is 1. The highest BCUT2D eigenvalue weighted by Gasteiger charge is 2.23.